The first-order valence-corrected chi connectivity index (χ1v) is 12.9. The first kappa shape index (κ1) is 26.8. The van der Waals surface area contributed by atoms with E-state index in [1.54, 1.807) is 49.6 Å². The molecule has 8 nitrogen and oxygen atoms in total. The van der Waals surface area contributed by atoms with Gasteiger partial charge in [0.25, 0.3) is 17.7 Å². The van der Waals surface area contributed by atoms with Crippen molar-refractivity contribution in [1.82, 2.24) is 4.90 Å². The molecule has 0 fully saturated rings. The Hall–Kier alpha value is -4.24. The fourth-order valence-electron chi connectivity index (χ4n) is 3.86. The van der Waals surface area contributed by atoms with Gasteiger partial charge in [-0.05, 0) is 54.4 Å². The Kier molecular flexibility index (Phi) is 8.38. The van der Waals surface area contributed by atoms with Gasteiger partial charge in [-0.3, -0.25) is 19.3 Å². The third-order valence-corrected chi connectivity index (χ3v) is 6.79. The summed E-state index contributed by atoms with van der Waals surface area (Å²) in [4.78, 5) is 41.6. The van der Waals surface area contributed by atoms with Crippen LogP contribution in [0.4, 0.5) is 11.4 Å². The SMILES string of the molecule is COc1ccc(C(=O)Nc2ccc(SC3=C(Nc4ccccc4)C(=O)N(CC(C)C)C3=O)cc2)c(OC)c1. The number of amides is 3. The van der Waals surface area contributed by atoms with Gasteiger partial charge in [0.05, 0.1) is 19.8 Å². The van der Waals surface area contributed by atoms with E-state index in [0.717, 1.165) is 10.6 Å². The van der Waals surface area contributed by atoms with Crippen molar-refractivity contribution in [3.8, 4) is 11.5 Å². The van der Waals surface area contributed by atoms with Crippen molar-refractivity contribution in [2.24, 2.45) is 5.92 Å². The van der Waals surface area contributed by atoms with E-state index in [1.807, 2.05) is 44.2 Å². The lowest BCUT2D eigenvalue weighted by molar-refractivity contribution is -0.137. The third kappa shape index (κ3) is 6.00. The number of hydrogen-bond acceptors (Lipinski definition) is 7. The highest BCUT2D eigenvalue weighted by molar-refractivity contribution is 8.04. The van der Waals surface area contributed by atoms with Crippen molar-refractivity contribution in [2.75, 3.05) is 31.4 Å². The van der Waals surface area contributed by atoms with Crippen LogP contribution in [0.3, 0.4) is 0 Å². The molecular weight excluding hydrogens is 502 g/mol. The van der Waals surface area contributed by atoms with Crippen LogP contribution in [0.25, 0.3) is 0 Å². The molecule has 2 N–H and O–H groups in total. The Morgan fingerprint density at radius 3 is 2.24 bits per heavy atom. The van der Waals surface area contributed by atoms with Gasteiger partial charge in [0.2, 0.25) is 0 Å². The average molecular weight is 532 g/mol. The van der Waals surface area contributed by atoms with E-state index in [9.17, 15) is 14.4 Å². The third-order valence-electron chi connectivity index (χ3n) is 5.70. The topological polar surface area (TPSA) is 97.0 Å². The van der Waals surface area contributed by atoms with Crippen LogP contribution < -0.4 is 20.1 Å². The second kappa shape index (κ2) is 11.9. The molecule has 9 heteroatoms. The molecule has 0 aromatic heterocycles. The van der Waals surface area contributed by atoms with Crippen LogP contribution in [-0.4, -0.2) is 43.4 Å². The van der Waals surface area contributed by atoms with Crippen LogP contribution in [0.1, 0.15) is 24.2 Å². The molecule has 38 heavy (non-hydrogen) atoms. The lowest BCUT2D eigenvalue weighted by atomic mass is 10.1. The standard InChI is InChI=1S/C29H29N3O5S/c1-18(2)17-32-28(34)25(30-19-8-6-5-7-9-19)26(29(32)35)38-22-13-10-20(11-14-22)31-27(33)23-15-12-21(36-3)16-24(23)37-4/h5-16,18,30H,17H2,1-4H3,(H,31,33). The van der Waals surface area contributed by atoms with Crippen molar-refractivity contribution in [3.63, 3.8) is 0 Å². The molecule has 1 aliphatic rings. The predicted molar refractivity (Wildman–Crippen MR) is 148 cm³/mol. The molecule has 0 spiro atoms. The number of imide groups is 1. The highest BCUT2D eigenvalue weighted by atomic mass is 32.2. The van der Waals surface area contributed by atoms with E-state index < -0.39 is 0 Å². The Morgan fingerprint density at radius 2 is 1.61 bits per heavy atom. The van der Waals surface area contributed by atoms with Crippen molar-refractivity contribution in [2.45, 2.75) is 18.7 Å². The maximum Gasteiger partial charge on any atom is 0.278 e. The van der Waals surface area contributed by atoms with Crippen LogP contribution in [-0.2, 0) is 9.59 Å². The maximum absolute atomic E-state index is 13.2. The minimum absolute atomic E-state index is 0.137. The minimum Gasteiger partial charge on any atom is -0.497 e. The van der Waals surface area contributed by atoms with Gasteiger partial charge in [0.15, 0.2) is 0 Å². The number of nitrogens with one attached hydrogen (secondary N) is 2. The Morgan fingerprint density at radius 1 is 0.895 bits per heavy atom. The zero-order chi connectivity index (χ0) is 27.2. The van der Waals surface area contributed by atoms with E-state index >= 15 is 0 Å². The summed E-state index contributed by atoms with van der Waals surface area (Å²) in [5.74, 6) is 0.126. The van der Waals surface area contributed by atoms with Crippen LogP contribution in [0.5, 0.6) is 11.5 Å². The number of rotatable bonds is 10. The lowest BCUT2D eigenvalue weighted by Gasteiger charge is -2.17. The lowest BCUT2D eigenvalue weighted by Crippen LogP contribution is -2.35. The second-order valence-electron chi connectivity index (χ2n) is 8.96. The van der Waals surface area contributed by atoms with E-state index in [2.05, 4.69) is 10.6 Å². The average Bonchev–Trinajstić information content (AvgIpc) is 3.13. The van der Waals surface area contributed by atoms with Crippen LogP contribution in [0.15, 0.2) is 88.3 Å². The van der Waals surface area contributed by atoms with Gasteiger partial charge in [-0.1, -0.05) is 43.8 Å². The molecule has 0 saturated carbocycles. The van der Waals surface area contributed by atoms with E-state index in [1.165, 1.54) is 23.8 Å². The minimum atomic E-state index is -0.340. The van der Waals surface area contributed by atoms with Crippen molar-refractivity contribution < 1.29 is 23.9 Å². The summed E-state index contributed by atoms with van der Waals surface area (Å²) >= 11 is 1.21. The zero-order valence-corrected chi connectivity index (χ0v) is 22.4. The number of hydrogen-bond donors (Lipinski definition) is 2. The summed E-state index contributed by atoms with van der Waals surface area (Å²) in [5, 5.41) is 5.99. The molecular formula is C29H29N3O5S. The van der Waals surface area contributed by atoms with Crippen LogP contribution in [0, 0.1) is 5.92 Å². The molecule has 196 valence electrons. The molecule has 3 amide bonds. The number of benzene rings is 3. The Bertz CT molecular complexity index is 1370. The van der Waals surface area contributed by atoms with Crippen LogP contribution in [0.2, 0.25) is 0 Å². The molecule has 0 saturated heterocycles. The van der Waals surface area contributed by atoms with Gasteiger partial charge in [-0.25, -0.2) is 0 Å². The molecule has 4 rings (SSSR count). The van der Waals surface area contributed by atoms with E-state index in [4.69, 9.17) is 9.47 Å². The fourth-order valence-corrected chi connectivity index (χ4v) is 4.81. The number of anilines is 2. The van der Waals surface area contributed by atoms with Gasteiger partial charge in [0.1, 0.15) is 22.1 Å². The van der Waals surface area contributed by atoms with Crippen LogP contribution >= 0.6 is 11.8 Å². The quantitative estimate of drug-likeness (QED) is 0.338. The molecule has 3 aromatic carbocycles. The number of thioether (sulfide) groups is 1. The molecule has 1 aliphatic heterocycles. The van der Waals surface area contributed by atoms with Gasteiger partial charge in [-0.15, -0.1) is 0 Å². The number of ether oxygens (including phenoxy) is 2. The first-order valence-electron chi connectivity index (χ1n) is 12.0. The number of para-hydroxylation sites is 1. The number of carbonyl (C=O) groups excluding carboxylic acids is 3. The Balaban J connectivity index is 1.53. The molecule has 0 unspecified atom stereocenters. The largest absolute Gasteiger partial charge is 0.497 e. The van der Waals surface area contributed by atoms with E-state index in [-0.39, 0.29) is 29.3 Å². The maximum atomic E-state index is 13.2. The summed E-state index contributed by atoms with van der Waals surface area (Å²) in [6.07, 6.45) is 0. The summed E-state index contributed by atoms with van der Waals surface area (Å²) in [7, 11) is 3.03. The van der Waals surface area contributed by atoms with Crippen molar-refractivity contribution in [3.05, 3.63) is 89.0 Å². The fraction of sp³-hybridized carbons (Fsp3) is 0.207. The molecule has 0 radical (unpaired) electrons. The Labute approximate surface area is 226 Å². The van der Waals surface area contributed by atoms with Crippen molar-refractivity contribution >= 4 is 40.9 Å². The van der Waals surface area contributed by atoms with Gasteiger partial charge in [0, 0.05) is 28.9 Å². The molecule has 0 aliphatic carbocycles. The summed E-state index contributed by atoms with van der Waals surface area (Å²) in [6, 6.07) is 21.3. The summed E-state index contributed by atoms with van der Waals surface area (Å²) in [5.41, 5.74) is 1.92. The van der Waals surface area contributed by atoms with Gasteiger partial charge in [-0.2, -0.15) is 0 Å². The highest BCUT2D eigenvalue weighted by Crippen LogP contribution is 2.36. The van der Waals surface area contributed by atoms with Gasteiger partial charge < -0.3 is 20.1 Å². The monoisotopic (exact) mass is 531 g/mol. The summed E-state index contributed by atoms with van der Waals surface area (Å²) < 4.78 is 10.5. The predicted octanol–water partition coefficient (Wildman–Crippen LogP) is 5.40. The normalized spacial score (nSPS) is 13.2. The molecule has 3 aromatic rings. The number of methoxy groups -OCH3 is 2. The number of carbonyl (C=O) groups is 3. The number of nitrogens with zero attached hydrogens (tertiary/aromatic N) is 1. The van der Waals surface area contributed by atoms with Gasteiger partial charge >= 0.3 is 0 Å². The molecule has 1 heterocycles. The smallest absolute Gasteiger partial charge is 0.278 e. The summed E-state index contributed by atoms with van der Waals surface area (Å²) in [6.45, 7) is 4.26. The molecule has 0 bridgehead atoms. The van der Waals surface area contributed by atoms with Crippen molar-refractivity contribution in [1.29, 1.82) is 0 Å². The zero-order valence-electron chi connectivity index (χ0n) is 21.6. The molecule has 0 atom stereocenters. The highest BCUT2D eigenvalue weighted by Gasteiger charge is 2.39. The first-order chi connectivity index (χ1) is 18.3. The second-order valence-corrected chi connectivity index (χ2v) is 10.0. The van der Waals surface area contributed by atoms with E-state index in [0.29, 0.717) is 34.2 Å².